The van der Waals surface area contributed by atoms with Crippen LogP contribution in [0.3, 0.4) is 0 Å². The van der Waals surface area contributed by atoms with Crippen molar-refractivity contribution >= 4 is 12.1 Å². The Morgan fingerprint density at radius 1 is 1.22 bits per heavy atom. The van der Waals surface area contributed by atoms with Crippen molar-refractivity contribution in [2.45, 2.75) is 26.8 Å². The molecule has 0 aliphatic heterocycles. The maximum Gasteiger partial charge on any atom is 0.309 e. The highest BCUT2D eigenvalue weighted by atomic mass is 16.2. The molecule has 0 radical (unpaired) electrons. The number of amides is 2. The Hall–Kier alpha value is -2.13. The molecule has 5 nitrogen and oxygen atoms in total. The lowest BCUT2D eigenvalue weighted by Crippen LogP contribution is -2.18. The smallest absolute Gasteiger partial charge is 0.309 e. The summed E-state index contributed by atoms with van der Waals surface area (Å²) in [6.45, 7) is 6.18. The summed E-state index contributed by atoms with van der Waals surface area (Å²) in [5.41, 5.74) is 9.50. The van der Waals surface area contributed by atoms with Crippen molar-refractivity contribution < 1.29 is 9.59 Å². The Bertz CT molecular complexity index is 414. The average molecular weight is 249 g/mol. The van der Waals surface area contributed by atoms with Crippen molar-refractivity contribution in [2.75, 3.05) is 0 Å². The van der Waals surface area contributed by atoms with Gasteiger partial charge in [0.05, 0.1) is 6.04 Å². The molecule has 0 bridgehead atoms. The summed E-state index contributed by atoms with van der Waals surface area (Å²) < 4.78 is 0. The maximum atomic E-state index is 10.3. The van der Waals surface area contributed by atoms with Crippen LogP contribution in [0.2, 0.25) is 0 Å². The van der Waals surface area contributed by atoms with Gasteiger partial charge in [0.1, 0.15) is 0 Å². The van der Waals surface area contributed by atoms with Crippen LogP contribution in [0.4, 0.5) is 4.79 Å². The summed E-state index contributed by atoms with van der Waals surface area (Å²) in [5, 5.41) is 0. The fraction of sp³-hybridized carbons (Fsp3) is 0.385. The average Bonchev–Trinajstić information content (AvgIpc) is 2.24. The number of benzene rings is 1. The third-order valence-corrected chi connectivity index (χ3v) is 2.12. The number of nitrogens with two attached hydrogens (primary N) is 2. The molecule has 0 aliphatic carbocycles. The van der Waals surface area contributed by atoms with E-state index in [1.807, 2.05) is 30.3 Å². The second-order valence-electron chi connectivity index (χ2n) is 4.80. The standard InChI is InChI=1S/C12H15NO.CH4N2O/c1-12(2,3)11(13-9-14)10-7-5-4-6-8-10;2-1(3)4/h4-8,11H,1-3H3;(H4,2,3,4). The van der Waals surface area contributed by atoms with Crippen molar-refractivity contribution in [3.63, 3.8) is 0 Å². The highest BCUT2D eigenvalue weighted by molar-refractivity contribution is 5.69. The number of isocyanates is 1. The van der Waals surface area contributed by atoms with E-state index < -0.39 is 6.03 Å². The molecule has 98 valence electrons. The van der Waals surface area contributed by atoms with E-state index in [1.54, 1.807) is 6.08 Å². The van der Waals surface area contributed by atoms with Crippen molar-refractivity contribution in [1.29, 1.82) is 0 Å². The molecule has 1 aromatic rings. The predicted molar refractivity (Wildman–Crippen MR) is 70.5 cm³/mol. The lowest BCUT2D eigenvalue weighted by Gasteiger charge is -2.26. The van der Waals surface area contributed by atoms with Gasteiger partial charge in [-0.15, -0.1) is 0 Å². The molecule has 18 heavy (non-hydrogen) atoms. The first-order valence-corrected chi connectivity index (χ1v) is 5.46. The quantitative estimate of drug-likeness (QED) is 0.620. The summed E-state index contributed by atoms with van der Waals surface area (Å²) in [6.07, 6.45) is 1.65. The van der Waals surface area contributed by atoms with Gasteiger partial charge in [-0.2, -0.15) is 4.99 Å². The number of carbonyl (C=O) groups excluding carboxylic acids is 2. The van der Waals surface area contributed by atoms with Crippen LogP contribution in [0.5, 0.6) is 0 Å². The van der Waals surface area contributed by atoms with Crippen molar-refractivity contribution in [2.24, 2.45) is 21.9 Å². The number of hydrogen-bond donors (Lipinski definition) is 2. The maximum absolute atomic E-state index is 10.3. The van der Waals surface area contributed by atoms with Gasteiger partial charge < -0.3 is 11.5 Å². The molecule has 1 atom stereocenters. The van der Waals surface area contributed by atoms with Gasteiger partial charge in [-0.1, -0.05) is 51.1 Å². The van der Waals surface area contributed by atoms with E-state index in [2.05, 4.69) is 37.2 Å². The normalized spacial score (nSPS) is 11.5. The summed E-state index contributed by atoms with van der Waals surface area (Å²) in [6, 6.07) is 8.88. The third-order valence-electron chi connectivity index (χ3n) is 2.12. The fourth-order valence-electron chi connectivity index (χ4n) is 1.46. The molecule has 1 aromatic carbocycles. The number of hydrogen-bond acceptors (Lipinski definition) is 3. The van der Waals surface area contributed by atoms with E-state index in [9.17, 15) is 4.79 Å². The zero-order valence-corrected chi connectivity index (χ0v) is 10.9. The first-order chi connectivity index (χ1) is 8.29. The molecule has 0 aromatic heterocycles. The van der Waals surface area contributed by atoms with Gasteiger partial charge in [-0.3, -0.25) is 0 Å². The van der Waals surface area contributed by atoms with Crippen molar-refractivity contribution in [3.05, 3.63) is 35.9 Å². The summed E-state index contributed by atoms with van der Waals surface area (Å²) in [4.78, 5) is 23.2. The van der Waals surface area contributed by atoms with E-state index >= 15 is 0 Å². The molecule has 0 saturated heterocycles. The van der Waals surface area contributed by atoms with Crippen LogP contribution < -0.4 is 11.5 Å². The van der Waals surface area contributed by atoms with Gasteiger partial charge in [0.2, 0.25) is 6.08 Å². The van der Waals surface area contributed by atoms with E-state index in [-0.39, 0.29) is 11.5 Å². The SMILES string of the molecule is CC(C)(C)C(N=C=O)c1ccccc1.NC(N)=O. The van der Waals surface area contributed by atoms with Gasteiger partial charge in [-0.05, 0) is 11.0 Å². The van der Waals surface area contributed by atoms with Crippen molar-refractivity contribution in [1.82, 2.24) is 0 Å². The predicted octanol–water partition coefficient (Wildman–Crippen LogP) is 2.13. The van der Waals surface area contributed by atoms with Crippen LogP contribution in [-0.4, -0.2) is 12.1 Å². The first kappa shape index (κ1) is 15.9. The Balaban J connectivity index is 0.000000631. The molecular formula is C13H19N3O2. The molecule has 2 amide bonds. The van der Waals surface area contributed by atoms with Gasteiger partial charge >= 0.3 is 6.03 Å². The highest BCUT2D eigenvalue weighted by Gasteiger charge is 2.25. The van der Waals surface area contributed by atoms with Gasteiger partial charge in [0.25, 0.3) is 0 Å². The van der Waals surface area contributed by atoms with Crippen LogP contribution in [0.1, 0.15) is 32.4 Å². The van der Waals surface area contributed by atoms with E-state index in [1.165, 1.54) is 0 Å². The third kappa shape index (κ3) is 6.45. The number of carbonyl (C=O) groups is 1. The summed E-state index contributed by atoms with van der Waals surface area (Å²) in [5.74, 6) is 0. The van der Waals surface area contributed by atoms with Crippen LogP contribution in [0.15, 0.2) is 35.3 Å². The highest BCUT2D eigenvalue weighted by Crippen LogP contribution is 2.35. The number of rotatable bonds is 2. The topological polar surface area (TPSA) is 98.5 Å². The molecule has 1 rings (SSSR count). The van der Waals surface area contributed by atoms with Crippen LogP contribution in [-0.2, 0) is 4.79 Å². The Labute approximate surface area is 107 Å². The summed E-state index contributed by atoms with van der Waals surface area (Å²) >= 11 is 0. The number of nitrogens with zero attached hydrogens (tertiary/aromatic N) is 1. The fourth-order valence-corrected chi connectivity index (χ4v) is 1.46. The van der Waals surface area contributed by atoms with E-state index in [0.29, 0.717) is 0 Å². The second-order valence-corrected chi connectivity index (χ2v) is 4.80. The molecule has 0 saturated carbocycles. The van der Waals surface area contributed by atoms with E-state index in [0.717, 1.165) is 5.56 Å². The minimum Gasteiger partial charge on any atom is -0.352 e. The molecule has 0 heterocycles. The molecule has 0 aliphatic rings. The summed E-state index contributed by atoms with van der Waals surface area (Å²) in [7, 11) is 0. The number of primary amides is 2. The van der Waals surface area contributed by atoms with Gasteiger partial charge in [-0.25, -0.2) is 9.59 Å². The van der Waals surface area contributed by atoms with Crippen LogP contribution in [0.25, 0.3) is 0 Å². The monoisotopic (exact) mass is 249 g/mol. The molecule has 0 spiro atoms. The lowest BCUT2D eigenvalue weighted by molar-refractivity contribution is 0.256. The minimum atomic E-state index is -0.833. The lowest BCUT2D eigenvalue weighted by atomic mass is 9.83. The second kappa shape index (κ2) is 7.25. The first-order valence-electron chi connectivity index (χ1n) is 5.46. The van der Waals surface area contributed by atoms with Crippen LogP contribution in [0, 0.1) is 5.41 Å². The molecule has 5 heteroatoms. The van der Waals surface area contributed by atoms with E-state index in [4.69, 9.17) is 4.79 Å². The molecule has 4 N–H and O–H groups in total. The minimum absolute atomic E-state index is 0.0568. The molecule has 1 unspecified atom stereocenters. The van der Waals surface area contributed by atoms with Crippen molar-refractivity contribution in [3.8, 4) is 0 Å². The van der Waals surface area contributed by atoms with Gasteiger partial charge in [0, 0.05) is 0 Å². The Morgan fingerprint density at radius 2 is 1.67 bits per heavy atom. The largest absolute Gasteiger partial charge is 0.352 e. The van der Waals surface area contributed by atoms with Crippen LogP contribution >= 0.6 is 0 Å². The molecular weight excluding hydrogens is 230 g/mol. The zero-order chi connectivity index (χ0) is 14.2. The molecule has 0 fully saturated rings. The zero-order valence-electron chi connectivity index (χ0n) is 10.9. The number of urea groups is 1. The number of aliphatic imine (C=N–C) groups is 1. The Morgan fingerprint density at radius 3 is 2.00 bits per heavy atom. The Kier molecular flexibility index (Phi) is 6.39. The van der Waals surface area contributed by atoms with Gasteiger partial charge in [0.15, 0.2) is 0 Å².